The van der Waals surface area contributed by atoms with Crippen molar-refractivity contribution in [2.24, 2.45) is 4.99 Å². The van der Waals surface area contributed by atoms with Crippen molar-refractivity contribution in [3.63, 3.8) is 0 Å². The Bertz CT molecular complexity index is 975. The van der Waals surface area contributed by atoms with Gasteiger partial charge in [-0.25, -0.2) is 9.38 Å². The van der Waals surface area contributed by atoms with Gasteiger partial charge in [-0.05, 0) is 48.0 Å². The molecule has 8 heteroatoms. The molecule has 0 N–H and O–H groups in total. The lowest BCUT2D eigenvalue weighted by Crippen LogP contribution is -2.46. The summed E-state index contributed by atoms with van der Waals surface area (Å²) in [6.07, 6.45) is 1.73. The smallest absolute Gasteiger partial charge is 0.280 e. The molecule has 6 nitrogen and oxygen atoms in total. The lowest BCUT2D eigenvalue weighted by molar-refractivity contribution is -0.122. The van der Waals surface area contributed by atoms with Crippen LogP contribution in [0.2, 0.25) is 0 Å². The van der Waals surface area contributed by atoms with E-state index in [1.165, 1.54) is 23.9 Å². The molecular weight excluding hydrogens is 381 g/mol. The van der Waals surface area contributed by atoms with Crippen molar-refractivity contribution >= 4 is 34.6 Å². The molecule has 2 heterocycles. The number of amides is 1. The molecule has 1 fully saturated rings. The fourth-order valence-corrected chi connectivity index (χ4v) is 3.98. The van der Waals surface area contributed by atoms with E-state index in [2.05, 4.69) is 4.99 Å². The molecule has 0 aliphatic carbocycles. The van der Waals surface area contributed by atoms with E-state index in [4.69, 9.17) is 9.47 Å². The molecule has 2 aliphatic rings. The molecule has 0 atom stereocenters. The third-order valence-electron chi connectivity index (χ3n) is 4.48. The van der Waals surface area contributed by atoms with Gasteiger partial charge in [0.25, 0.3) is 5.91 Å². The Balaban J connectivity index is 1.55. The topological polar surface area (TPSA) is 54.4 Å². The molecule has 0 spiro atoms. The molecule has 2 aromatic rings. The third-order valence-corrected chi connectivity index (χ3v) is 5.49. The summed E-state index contributed by atoms with van der Waals surface area (Å²) in [5, 5.41) is 0.676. The van der Waals surface area contributed by atoms with Crippen LogP contribution in [0, 0.1) is 5.82 Å². The van der Waals surface area contributed by atoms with Crippen LogP contribution < -0.4 is 14.4 Å². The number of thioether (sulfide) groups is 1. The van der Waals surface area contributed by atoms with E-state index >= 15 is 0 Å². The number of hydrogen-bond donors (Lipinski definition) is 0. The van der Waals surface area contributed by atoms with Gasteiger partial charge in [0.15, 0.2) is 16.7 Å². The van der Waals surface area contributed by atoms with Crippen LogP contribution in [0.3, 0.4) is 0 Å². The summed E-state index contributed by atoms with van der Waals surface area (Å²) in [5.74, 6) is 1.40. The Kier molecular flexibility index (Phi) is 4.95. The van der Waals surface area contributed by atoms with Gasteiger partial charge in [-0.1, -0.05) is 17.8 Å². The predicted octanol–water partition coefficient (Wildman–Crippen LogP) is 3.55. The van der Waals surface area contributed by atoms with Gasteiger partial charge in [0.2, 0.25) is 0 Å². The van der Waals surface area contributed by atoms with Gasteiger partial charge in [0, 0.05) is 5.69 Å². The summed E-state index contributed by atoms with van der Waals surface area (Å²) in [7, 11) is 3.14. The number of benzene rings is 2. The number of halogens is 1. The van der Waals surface area contributed by atoms with Crippen molar-refractivity contribution in [2.75, 3.05) is 31.7 Å². The van der Waals surface area contributed by atoms with Crippen LogP contribution in [-0.2, 0) is 4.79 Å². The summed E-state index contributed by atoms with van der Waals surface area (Å²) in [4.78, 5) is 21.0. The maximum atomic E-state index is 13.2. The van der Waals surface area contributed by atoms with Crippen molar-refractivity contribution in [1.82, 2.24) is 4.90 Å². The molecule has 0 aromatic heterocycles. The van der Waals surface area contributed by atoms with Crippen molar-refractivity contribution in [3.8, 4) is 11.5 Å². The molecule has 2 aromatic carbocycles. The molecule has 4 rings (SSSR count). The SMILES string of the molecule is COc1ccc(/C=C2\N=C3SCN(c4ccc(F)cc4)CN3C2=O)cc1OC. The van der Waals surface area contributed by atoms with E-state index < -0.39 is 0 Å². The minimum atomic E-state index is -0.284. The lowest BCUT2D eigenvalue weighted by Gasteiger charge is -2.34. The molecule has 1 saturated heterocycles. The van der Waals surface area contributed by atoms with Crippen LogP contribution in [0.4, 0.5) is 10.1 Å². The molecular formula is C20H18FN3O3S. The van der Waals surface area contributed by atoms with E-state index in [1.54, 1.807) is 49.5 Å². The first-order chi connectivity index (χ1) is 13.6. The number of ether oxygens (including phenoxy) is 2. The van der Waals surface area contributed by atoms with Gasteiger partial charge >= 0.3 is 0 Å². The number of carbonyl (C=O) groups excluding carboxylic acids is 1. The summed E-state index contributed by atoms with van der Waals surface area (Å²) in [6.45, 7) is 0.375. The number of fused-ring (bicyclic) bond motifs is 1. The van der Waals surface area contributed by atoms with Crippen molar-refractivity contribution < 1.29 is 18.7 Å². The van der Waals surface area contributed by atoms with E-state index in [0.29, 0.717) is 34.9 Å². The zero-order chi connectivity index (χ0) is 19.7. The molecule has 2 aliphatic heterocycles. The Morgan fingerprint density at radius 3 is 2.57 bits per heavy atom. The second-order valence-electron chi connectivity index (χ2n) is 6.20. The molecule has 144 valence electrons. The highest BCUT2D eigenvalue weighted by atomic mass is 32.2. The Morgan fingerprint density at radius 1 is 1.11 bits per heavy atom. The first-order valence-corrected chi connectivity index (χ1v) is 9.55. The first kappa shape index (κ1) is 18.4. The summed E-state index contributed by atoms with van der Waals surface area (Å²) in [5.41, 5.74) is 2.03. The second kappa shape index (κ2) is 7.55. The summed E-state index contributed by atoms with van der Waals surface area (Å²) < 4.78 is 23.7. The maximum Gasteiger partial charge on any atom is 0.280 e. The zero-order valence-electron chi connectivity index (χ0n) is 15.4. The van der Waals surface area contributed by atoms with E-state index in [-0.39, 0.29) is 11.7 Å². The van der Waals surface area contributed by atoms with Crippen LogP contribution in [0.1, 0.15) is 5.56 Å². The number of nitrogens with zero attached hydrogens (tertiary/aromatic N) is 3. The Hall–Kier alpha value is -3.00. The van der Waals surface area contributed by atoms with E-state index in [9.17, 15) is 9.18 Å². The highest BCUT2D eigenvalue weighted by Gasteiger charge is 2.35. The number of aliphatic imine (C=N–C) groups is 1. The van der Waals surface area contributed by atoms with Crippen LogP contribution in [0.5, 0.6) is 11.5 Å². The number of carbonyl (C=O) groups is 1. The molecule has 0 unspecified atom stereocenters. The van der Waals surface area contributed by atoms with Gasteiger partial charge in [0.05, 0.1) is 20.1 Å². The standard InChI is InChI=1S/C20H18FN3O3S/c1-26-17-8-3-13(10-18(17)27-2)9-16-19(25)24-11-23(12-28-20(24)22-16)15-6-4-14(21)5-7-15/h3-10H,11-12H2,1-2H3/b16-9-. The number of anilines is 1. The van der Waals surface area contributed by atoms with Crippen molar-refractivity contribution in [2.45, 2.75) is 0 Å². The fraction of sp³-hybridized carbons (Fsp3) is 0.200. The largest absolute Gasteiger partial charge is 0.493 e. The minimum Gasteiger partial charge on any atom is -0.493 e. The zero-order valence-corrected chi connectivity index (χ0v) is 16.2. The average Bonchev–Trinajstić information content (AvgIpc) is 3.03. The quantitative estimate of drug-likeness (QED) is 0.736. The van der Waals surface area contributed by atoms with Crippen LogP contribution in [0.15, 0.2) is 53.2 Å². The van der Waals surface area contributed by atoms with Gasteiger partial charge in [0.1, 0.15) is 18.2 Å². The Morgan fingerprint density at radius 2 is 1.86 bits per heavy atom. The third kappa shape index (κ3) is 3.43. The van der Waals surface area contributed by atoms with E-state index in [0.717, 1.165) is 11.3 Å². The van der Waals surface area contributed by atoms with Crippen LogP contribution in [0.25, 0.3) is 6.08 Å². The molecule has 0 radical (unpaired) electrons. The fourth-order valence-electron chi connectivity index (χ4n) is 3.02. The van der Waals surface area contributed by atoms with Crippen LogP contribution in [-0.4, -0.2) is 42.7 Å². The molecule has 1 amide bonds. The van der Waals surface area contributed by atoms with E-state index in [1.807, 2.05) is 11.0 Å². The number of methoxy groups -OCH3 is 2. The van der Waals surface area contributed by atoms with Crippen LogP contribution >= 0.6 is 11.8 Å². The maximum absolute atomic E-state index is 13.2. The number of amidine groups is 1. The average molecular weight is 399 g/mol. The highest BCUT2D eigenvalue weighted by molar-refractivity contribution is 8.14. The molecule has 0 bridgehead atoms. The first-order valence-electron chi connectivity index (χ1n) is 8.56. The normalized spacial score (nSPS) is 17.6. The van der Waals surface area contributed by atoms with Gasteiger partial charge < -0.3 is 14.4 Å². The highest BCUT2D eigenvalue weighted by Crippen LogP contribution is 2.32. The number of rotatable bonds is 4. The second-order valence-corrected chi connectivity index (χ2v) is 7.11. The Labute approximate surface area is 166 Å². The lowest BCUT2D eigenvalue weighted by atomic mass is 10.1. The van der Waals surface area contributed by atoms with Crippen molar-refractivity contribution in [1.29, 1.82) is 0 Å². The molecule has 28 heavy (non-hydrogen) atoms. The number of hydrogen-bond acceptors (Lipinski definition) is 6. The predicted molar refractivity (Wildman–Crippen MR) is 108 cm³/mol. The summed E-state index contributed by atoms with van der Waals surface area (Å²) >= 11 is 1.47. The van der Waals surface area contributed by atoms with Gasteiger partial charge in [-0.15, -0.1) is 0 Å². The van der Waals surface area contributed by atoms with Crippen molar-refractivity contribution in [3.05, 3.63) is 59.5 Å². The monoisotopic (exact) mass is 399 g/mol. The molecule has 0 saturated carbocycles. The van der Waals surface area contributed by atoms with Gasteiger partial charge in [-0.2, -0.15) is 0 Å². The minimum absolute atomic E-state index is 0.163. The summed E-state index contributed by atoms with van der Waals surface area (Å²) in [6, 6.07) is 11.7. The van der Waals surface area contributed by atoms with Gasteiger partial charge in [-0.3, -0.25) is 9.69 Å².